The van der Waals surface area contributed by atoms with Crippen molar-refractivity contribution >= 4 is 0 Å². The van der Waals surface area contributed by atoms with Crippen LogP contribution in [0.25, 0.3) is 0 Å². The van der Waals surface area contributed by atoms with Crippen LogP contribution in [0.5, 0.6) is 11.5 Å². The fraction of sp³-hybridized carbons (Fsp3) is 0.444. The Morgan fingerprint density at radius 2 is 2.08 bits per heavy atom. The highest BCUT2D eigenvalue weighted by Crippen LogP contribution is 2.16. The molecule has 0 amide bonds. The first-order valence-electron chi connectivity index (χ1n) is 4.00. The second-order valence-corrected chi connectivity index (χ2v) is 2.15. The molecule has 3 heteroatoms. The molecular weight excluding hydrogens is 154 g/mol. The second-order valence-electron chi connectivity index (χ2n) is 2.15. The van der Waals surface area contributed by atoms with E-state index in [1.54, 1.807) is 12.3 Å². The molecule has 0 bridgehead atoms. The van der Waals surface area contributed by atoms with E-state index in [2.05, 4.69) is 11.2 Å². The minimum Gasteiger partial charge on any atom is -0.492 e. The molecule has 1 aromatic heterocycles. The Kier molecular flexibility index (Phi) is 3.38. The molecule has 0 saturated carbocycles. The third-order valence-corrected chi connectivity index (χ3v) is 1.25. The fourth-order valence-corrected chi connectivity index (χ4v) is 0.833. The highest BCUT2D eigenvalue weighted by Gasteiger charge is 1.96. The van der Waals surface area contributed by atoms with Crippen molar-refractivity contribution in [1.82, 2.24) is 4.98 Å². The number of hydrogen-bond donors (Lipinski definition) is 0. The van der Waals surface area contributed by atoms with Crippen LogP contribution >= 0.6 is 0 Å². The maximum atomic E-state index is 5.23. The molecule has 0 N–H and O–H groups in total. The van der Waals surface area contributed by atoms with Gasteiger partial charge in [0.25, 0.3) is 0 Å². The van der Waals surface area contributed by atoms with E-state index in [-0.39, 0.29) is 0 Å². The summed E-state index contributed by atoms with van der Waals surface area (Å²) in [6.45, 7) is 5.10. The minimum absolute atomic E-state index is 0.619. The molecule has 0 aromatic carbocycles. The van der Waals surface area contributed by atoms with Crippen molar-refractivity contribution in [3.63, 3.8) is 0 Å². The van der Waals surface area contributed by atoms with Crippen LogP contribution in [0.4, 0.5) is 0 Å². The van der Waals surface area contributed by atoms with Gasteiger partial charge in [0.1, 0.15) is 11.9 Å². The molecule has 0 saturated heterocycles. The van der Waals surface area contributed by atoms with Gasteiger partial charge in [-0.2, -0.15) is 0 Å². The number of rotatable bonds is 4. The normalized spacial score (nSPS) is 9.50. The topological polar surface area (TPSA) is 31.4 Å². The predicted octanol–water partition coefficient (Wildman–Crippen LogP) is 1.68. The van der Waals surface area contributed by atoms with Gasteiger partial charge in [0.05, 0.1) is 19.4 Å². The van der Waals surface area contributed by atoms with E-state index < -0.39 is 0 Å². The Morgan fingerprint density at radius 1 is 1.33 bits per heavy atom. The standard InChI is InChI=1S/C9H12NO2/c1-3-11-8-5-9(12-4-2)7-10-6-8/h5-6H,3-4H2,1-2H3. The molecule has 0 atom stereocenters. The van der Waals surface area contributed by atoms with Crippen LogP contribution in [0.3, 0.4) is 0 Å². The van der Waals surface area contributed by atoms with Crippen LogP contribution in [0.2, 0.25) is 0 Å². The number of nitrogens with zero attached hydrogens (tertiary/aromatic N) is 1. The lowest BCUT2D eigenvalue weighted by atomic mass is 10.4. The van der Waals surface area contributed by atoms with E-state index in [0.717, 1.165) is 5.75 Å². The number of aromatic nitrogens is 1. The third-order valence-electron chi connectivity index (χ3n) is 1.25. The van der Waals surface area contributed by atoms with Gasteiger partial charge in [-0.05, 0) is 13.8 Å². The maximum Gasteiger partial charge on any atom is 0.151 e. The Labute approximate surface area is 72.3 Å². The van der Waals surface area contributed by atoms with Gasteiger partial charge in [-0.25, -0.2) is 4.98 Å². The molecule has 0 spiro atoms. The molecule has 0 fully saturated rings. The van der Waals surface area contributed by atoms with Crippen molar-refractivity contribution in [2.75, 3.05) is 13.2 Å². The molecule has 0 aliphatic carbocycles. The van der Waals surface area contributed by atoms with Gasteiger partial charge >= 0.3 is 0 Å². The van der Waals surface area contributed by atoms with E-state index in [9.17, 15) is 0 Å². The quantitative estimate of drug-likeness (QED) is 0.682. The average Bonchev–Trinajstić information content (AvgIpc) is 2.06. The van der Waals surface area contributed by atoms with Gasteiger partial charge in [0.15, 0.2) is 5.75 Å². The first-order chi connectivity index (χ1) is 5.86. The van der Waals surface area contributed by atoms with Crippen molar-refractivity contribution in [1.29, 1.82) is 0 Å². The molecule has 3 nitrogen and oxygen atoms in total. The highest BCUT2D eigenvalue weighted by molar-refractivity contribution is 5.27. The molecule has 1 rings (SSSR count). The monoisotopic (exact) mass is 166 g/mol. The van der Waals surface area contributed by atoms with Crippen molar-refractivity contribution in [3.8, 4) is 11.5 Å². The lowest BCUT2D eigenvalue weighted by Gasteiger charge is -2.04. The lowest BCUT2D eigenvalue weighted by molar-refractivity contribution is 0.320. The van der Waals surface area contributed by atoms with Gasteiger partial charge in [0.2, 0.25) is 0 Å². The molecule has 1 aromatic rings. The zero-order valence-electron chi connectivity index (χ0n) is 7.33. The Morgan fingerprint density at radius 3 is 2.75 bits per heavy atom. The number of ether oxygens (including phenoxy) is 2. The molecule has 65 valence electrons. The second kappa shape index (κ2) is 4.59. The molecule has 0 aliphatic heterocycles. The van der Waals surface area contributed by atoms with Gasteiger partial charge < -0.3 is 9.47 Å². The molecule has 0 aliphatic rings. The molecule has 12 heavy (non-hydrogen) atoms. The highest BCUT2D eigenvalue weighted by atomic mass is 16.5. The molecule has 0 unspecified atom stereocenters. The number of pyridine rings is 1. The SMILES string of the molecule is CCOc1[c]ncc(OCC)c1. The van der Waals surface area contributed by atoms with Crippen LogP contribution < -0.4 is 9.47 Å². The van der Waals surface area contributed by atoms with Gasteiger partial charge in [0, 0.05) is 6.07 Å². The van der Waals surface area contributed by atoms with Crippen molar-refractivity contribution in [3.05, 3.63) is 18.5 Å². The van der Waals surface area contributed by atoms with Crippen LogP contribution in [-0.4, -0.2) is 18.2 Å². The summed E-state index contributed by atoms with van der Waals surface area (Å²) in [6, 6.07) is 1.78. The van der Waals surface area contributed by atoms with Crippen LogP contribution in [-0.2, 0) is 0 Å². The van der Waals surface area contributed by atoms with Crippen molar-refractivity contribution < 1.29 is 9.47 Å². The van der Waals surface area contributed by atoms with Crippen molar-refractivity contribution in [2.24, 2.45) is 0 Å². The van der Waals surface area contributed by atoms with E-state index in [1.165, 1.54) is 0 Å². The summed E-state index contributed by atoms with van der Waals surface area (Å²) in [5, 5.41) is 0. The van der Waals surface area contributed by atoms with Crippen molar-refractivity contribution in [2.45, 2.75) is 13.8 Å². The maximum absolute atomic E-state index is 5.23. The molecular formula is C9H12NO2. The van der Waals surface area contributed by atoms with E-state index in [1.807, 2.05) is 13.8 Å². The first-order valence-corrected chi connectivity index (χ1v) is 4.00. The average molecular weight is 166 g/mol. The van der Waals surface area contributed by atoms with Gasteiger partial charge in [-0.1, -0.05) is 0 Å². The summed E-state index contributed by atoms with van der Waals surface area (Å²) in [4.78, 5) is 3.85. The zero-order valence-corrected chi connectivity index (χ0v) is 7.33. The van der Waals surface area contributed by atoms with Crippen LogP contribution in [0.15, 0.2) is 12.3 Å². The Hall–Kier alpha value is -1.25. The van der Waals surface area contributed by atoms with Gasteiger partial charge in [-0.3, -0.25) is 0 Å². The predicted molar refractivity (Wildman–Crippen MR) is 45.4 cm³/mol. The Balaban J connectivity index is 2.67. The third kappa shape index (κ3) is 2.42. The summed E-state index contributed by atoms with van der Waals surface area (Å²) < 4.78 is 10.4. The summed E-state index contributed by atoms with van der Waals surface area (Å²) in [6.07, 6.45) is 4.33. The lowest BCUT2D eigenvalue weighted by Crippen LogP contribution is -1.95. The largest absolute Gasteiger partial charge is 0.492 e. The summed E-state index contributed by atoms with van der Waals surface area (Å²) in [5.74, 6) is 1.35. The molecule has 1 radical (unpaired) electrons. The van der Waals surface area contributed by atoms with Gasteiger partial charge in [-0.15, -0.1) is 0 Å². The van der Waals surface area contributed by atoms with Crippen LogP contribution in [0, 0.1) is 6.20 Å². The first kappa shape index (κ1) is 8.84. The summed E-state index contributed by atoms with van der Waals surface area (Å²) in [5.41, 5.74) is 0. The van der Waals surface area contributed by atoms with E-state index in [4.69, 9.17) is 9.47 Å². The molecule has 1 heterocycles. The zero-order chi connectivity index (χ0) is 8.81. The van der Waals surface area contributed by atoms with E-state index in [0.29, 0.717) is 19.0 Å². The summed E-state index contributed by atoms with van der Waals surface area (Å²) >= 11 is 0. The van der Waals surface area contributed by atoms with Crippen LogP contribution in [0.1, 0.15) is 13.8 Å². The fourth-order valence-electron chi connectivity index (χ4n) is 0.833. The minimum atomic E-state index is 0.619. The van der Waals surface area contributed by atoms with E-state index >= 15 is 0 Å². The summed E-state index contributed by atoms with van der Waals surface area (Å²) in [7, 11) is 0. The smallest absolute Gasteiger partial charge is 0.151 e. The Bertz CT molecular complexity index is 216. The number of hydrogen-bond acceptors (Lipinski definition) is 3.